The van der Waals surface area contributed by atoms with E-state index >= 15 is 0 Å². The molecule has 3 aromatic rings. The molecule has 0 aliphatic heterocycles. The van der Waals surface area contributed by atoms with Gasteiger partial charge in [-0.2, -0.15) is 0 Å². The third-order valence-corrected chi connectivity index (χ3v) is 8.10. The van der Waals surface area contributed by atoms with Crippen LogP contribution >= 0.6 is 15.9 Å². The molecule has 0 spiro atoms. The van der Waals surface area contributed by atoms with E-state index in [0.717, 1.165) is 14.3 Å². The van der Waals surface area contributed by atoms with E-state index < -0.39 is 28.5 Å². The number of para-hydroxylation sites is 1. The highest BCUT2D eigenvalue weighted by Crippen LogP contribution is 2.27. The largest absolute Gasteiger partial charge is 0.352 e. The van der Waals surface area contributed by atoms with Crippen molar-refractivity contribution in [1.82, 2.24) is 10.2 Å². The molecule has 7 nitrogen and oxygen atoms in total. The van der Waals surface area contributed by atoms with Crippen molar-refractivity contribution in [2.45, 2.75) is 51.2 Å². The van der Waals surface area contributed by atoms with E-state index in [1.165, 1.54) is 17.0 Å². The number of benzene rings is 3. The molecule has 0 bridgehead atoms. The first-order valence-electron chi connectivity index (χ1n) is 12.0. The first-order valence-corrected chi connectivity index (χ1v) is 14.2. The average molecular weight is 587 g/mol. The predicted octanol–water partition coefficient (Wildman–Crippen LogP) is 4.89. The fourth-order valence-corrected chi connectivity index (χ4v) is 5.84. The molecular weight excluding hydrogens is 554 g/mol. The van der Waals surface area contributed by atoms with Crippen LogP contribution in [0.15, 0.2) is 88.2 Å². The van der Waals surface area contributed by atoms with Crippen molar-refractivity contribution in [1.29, 1.82) is 0 Å². The molecule has 0 radical (unpaired) electrons. The SMILES string of the molecule is Cc1ccccc1N(CC(=O)N(Cc1cccc(Br)c1)[C@H](C)C(=O)NC(C)C)S(=O)(=O)c1ccccc1. The van der Waals surface area contributed by atoms with Crippen LogP contribution in [-0.2, 0) is 26.2 Å². The Labute approximate surface area is 227 Å². The first-order chi connectivity index (χ1) is 17.5. The Hall–Kier alpha value is -3.17. The number of hydrogen-bond acceptors (Lipinski definition) is 4. The molecule has 0 heterocycles. The number of carbonyl (C=O) groups excluding carboxylic acids is 2. The van der Waals surface area contributed by atoms with Crippen LogP contribution in [0, 0.1) is 6.92 Å². The van der Waals surface area contributed by atoms with Gasteiger partial charge in [-0.3, -0.25) is 13.9 Å². The number of hydrogen-bond donors (Lipinski definition) is 1. The minimum atomic E-state index is -4.07. The molecule has 0 unspecified atom stereocenters. The quantitative estimate of drug-likeness (QED) is 0.367. The molecule has 2 amide bonds. The standard InChI is InChI=1S/C28H32BrN3O4S/c1-20(2)30-28(34)22(4)31(18-23-12-10-13-24(29)17-23)27(33)19-32(26-16-9-8-11-21(26)3)37(35,36)25-14-6-5-7-15-25/h5-17,20,22H,18-19H2,1-4H3,(H,30,34)/t22-/m1/s1. The molecule has 196 valence electrons. The number of sulfonamides is 1. The van der Waals surface area contributed by atoms with Crippen LogP contribution < -0.4 is 9.62 Å². The molecule has 0 aliphatic rings. The summed E-state index contributed by atoms with van der Waals surface area (Å²) in [6, 6.07) is 21.6. The van der Waals surface area contributed by atoms with Crippen molar-refractivity contribution >= 4 is 43.5 Å². The topological polar surface area (TPSA) is 86.8 Å². The summed E-state index contributed by atoms with van der Waals surface area (Å²) in [5, 5.41) is 2.85. The average Bonchev–Trinajstić information content (AvgIpc) is 2.86. The fourth-order valence-electron chi connectivity index (χ4n) is 3.90. The van der Waals surface area contributed by atoms with E-state index in [2.05, 4.69) is 21.2 Å². The van der Waals surface area contributed by atoms with Crippen molar-refractivity contribution in [3.05, 3.63) is 94.5 Å². The van der Waals surface area contributed by atoms with Gasteiger partial charge in [0.05, 0.1) is 10.6 Å². The second-order valence-corrected chi connectivity index (χ2v) is 11.9. The molecule has 1 N–H and O–H groups in total. The van der Waals surface area contributed by atoms with E-state index in [9.17, 15) is 18.0 Å². The highest BCUT2D eigenvalue weighted by atomic mass is 79.9. The van der Waals surface area contributed by atoms with Gasteiger partial charge in [-0.15, -0.1) is 0 Å². The van der Waals surface area contributed by atoms with Gasteiger partial charge in [0.15, 0.2) is 0 Å². The molecule has 37 heavy (non-hydrogen) atoms. The Balaban J connectivity index is 2.03. The zero-order valence-electron chi connectivity index (χ0n) is 21.4. The van der Waals surface area contributed by atoms with Gasteiger partial charge >= 0.3 is 0 Å². The van der Waals surface area contributed by atoms with Crippen LogP contribution in [0.3, 0.4) is 0 Å². The van der Waals surface area contributed by atoms with Gasteiger partial charge in [0.25, 0.3) is 10.0 Å². The zero-order valence-corrected chi connectivity index (χ0v) is 23.8. The smallest absolute Gasteiger partial charge is 0.264 e. The number of halogens is 1. The third kappa shape index (κ3) is 7.20. The lowest BCUT2D eigenvalue weighted by molar-refractivity contribution is -0.139. The van der Waals surface area contributed by atoms with Crippen LogP contribution in [0.25, 0.3) is 0 Å². The highest BCUT2D eigenvalue weighted by molar-refractivity contribution is 9.10. The van der Waals surface area contributed by atoms with Gasteiger partial charge in [0.1, 0.15) is 12.6 Å². The second kappa shape index (κ2) is 12.4. The fraction of sp³-hybridized carbons (Fsp3) is 0.286. The van der Waals surface area contributed by atoms with E-state index in [-0.39, 0.29) is 23.4 Å². The Morgan fingerprint density at radius 2 is 1.57 bits per heavy atom. The summed E-state index contributed by atoms with van der Waals surface area (Å²) in [5.41, 5.74) is 1.92. The number of nitrogens with one attached hydrogen (secondary N) is 1. The van der Waals surface area contributed by atoms with Crippen LogP contribution in [0.2, 0.25) is 0 Å². The van der Waals surface area contributed by atoms with Crippen molar-refractivity contribution in [3.8, 4) is 0 Å². The minimum Gasteiger partial charge on any atom is -0.352 e. The number of anilines is 1. The predicted molar refractivity (Wildman–Crippen MR) is 150 cm³/mol. The first kappa shape index (κ1) is 28.4. The lowest BCUT2D eigenvalue weighted by Gasteiger charge is -2.32. The number of rotatable bonds is 10. The molecule has 3 aromatic carbocycles. The summed E-state index contributed by atoms with van der Waals surface area (Å²) in [7, 11) is -4.07. The summed E-state index contributed by atoms with van der Waals surface area (Å²) in [5.74, 6) is -0.805. The molecule has 0 fully saturated rings. The normalized spacial score (nSPS) is 12.2. The Morgan fingerprint density at radius 1 is 0.919 bits per heavy atom. The molecule has 0 aliphatic carbocycles. The summed E-state index contributed by atoms with van der Waals surface area (Å²) in [6.07, 6.45) is 0. The number of aryl methyl sites for hydroxylation is 1. The summed E-state index contributed by atoms with van der Waals surface area (Å²) in [4.78, 5) is 28.3. The molecule has 0 saturated carbocycles. The number of amides is 2. The Morgan fingerprint density at radius 3 is 2.19 bits per heavy atom. The summed E-state index contributed by atoms with van der Waals surface area (Å²) >= 11 is 3.45. The van der Waals surface area contributed by atoms with Gasteiger partial charge in [-0.05, 0) is 69.2 Å². The van der Waals surface area contributed by atoms with Crippen molar-refractivity contribution in [2.75, 3.05) is 10.8 Å². The molecule has 3 rings (SSSR count). The van der Waals surface area contributed by atoms with Gasteiger partial charge in [-0.1, -0.05) is 64.5 Å². The Kier molecular flexibility index (Phi) is 9.50. The van der Waals surface area contributed by atoms with Crippen molar-refractivity contribution < 1.29 is 18.0 Å². The summed E-state index contributed by atoms with van der Waals surface area (Å²) in [6.45, 7) is 6.81. The van der Waals surface area contributed by atoms with Crippen LogP contribution in [-0.4, -0.2) is 43.8 Å². The molecular formula is C28H32BrN3O4S. The molecule has 0 aromatic heterocycles. The number of carbonyl (C=O) groups is 2. The molecule has 0 saturated heterocycles. The lowest BCUT2D eigenvalue weighted by Crippen LogP contribution is -2.52. The number of nitrogens with zero attached hydrogens (tertiary/aromatic N) is 2. The van der Waals surface area contributed by atoms with Crippen LogP contribution in [0.5, 0.6) is 0 Å². The van der Waals surface area contributed by atoms with Crippen LogP contribution in [0.1, 0.15) is 31.9 Å². The second-order valence-electron chi connectivity index (χ2n) is 9.10. The van der Waals surface area contributed by atoms with Gasteiger partial charge in [-0.25, -0.2) is 8.42 Å². The maximum atomic E-state index is 13.9. The lowest BCUT2D eigenvalue weighted by atomic mass is 10.1. The van der Waals surface area contributed by atoms with E-state index in [4.69, 9.17) is 0 Å². The minimum absolute atomic E-state index is 0.0789. The van der Waals surface area contributed by atoms with Gasteiger partial charge in [0.2, 0.25) is 11.8 Å². The third-order valence-electron chi connectivity index (χ3n) is 5.83. The van der Waals surface area contributed by atoms with Crippen LogP contribution in [0.4, 0.5) is 5.69 Å². The maximum absolute atomic E-state index is 13.9. The molecule has 9 heteroatoms. The summed E-state index contributed by atoms with van der Waals surface area (Å²) < 4.78 is 29.5. The zero-order chi connectivity index (χ0) is 27.2. The maximum Gasteiger partial charge on any atom is 0.264 e. The van der Waals surface area contributed by atoms with E-state index in [1.807, 2.05) is 44.2 Å². The van der Waals surface area contributed by atoms with Crippen molar-refractivity contribution in [3.63, 3.8) is 0 Å². The Bertz CT molecular complexity index is 1350. The van der Waals surface area contributed by atoms with Gasteiger partial charge in [0, 0.05) is 17.1 Å². The van der Waals surface area contributed by atoms with E-state index in [0.29, 0.717) is 11.3 Å². The highest BCUT2D eigenvalue weighted by Gasteiger charge is 2.33. The van der Waals surface area contributed by atoms with E-state index in [1.54, 1.807) is 50.2 Å². The van der Waals surface area contributed by atoms with Crippen molar-refractivity contribution in [2.24, 2.45) is 0 Å². The van der Waals surface area contributed by atoms with Gasteiger partial charge < -0.3 is 10.2 Å². The monoisotopic (exact) mass is 585 g/mol. The molecule has 1 atom stereocenters.